The number of aromatic nitrogens is 1. The number of amides is 1. The Kier molecular flexibility index (Phi) is 5.96. The smallest absolute Gasteiger partial charge is 0.301 e. The normalized spacial score (nSPS) is 17.6. The summed E-state index contributed by atoms with van der Waals surface area (Å²) in [7, 11) is 0. The van der Waals surface area contributed by atoms with E-state index in [9.17, 15) is 14.7 Å². The molecule has 2 aromatic carbocycles. The highest BCUT2D eigenvalue weighted by molar-refractivity contribution is 9.10. The first-order valence-electron chi connectivity index (χ1n) is 9.74. The van der Waals surface area contributed by atoms with Crippen LogP contribution in [0.15, 0.2) is 81.8 Å². The van der Waals surface area contributed by atoms with E-state index >= 15 is 0 Å². The quantitative estimate of drug-likeness (QED) is 0.226. The second-order valence-electron chi connectivity index (χ2n) is 7.14. The summed E-state index contributed by atoms with van der Waals surface area (Å²) < 4.78 is 11.6. The van der Waals surface area contributed by atoms with Crippen LogP contribution >= 0.6 is 15.9 Å². The minimum Gasteiger partial charge on any atom is -0.507 e. The fraction of sp³-hybridized carbons (Fsp3) is 0.125. The van der Waals surface area contributed by atoms with Gasteiger partial charge in [0, 0.05) is 16.1 Å². The molecule has 32 heavy (non-hydrogen) atoms. The third kappa shape index (κ3) is 3.97. The van der Waals surface area contributed by atoms with E-state index in [0.29, 0.717) is 29.2 Å². The zero-order valence-electron chi connectivity index (χ0n) is 17.1. The highest BCUT2D eigenvalue weighted by Gasteiger charge is 2.48. The van der Waals surface area contributed by atoms with Gasteiger partial charge in [-0.2, -0.15) is 0 Å². The van der Waals surface area contributed by atoms with Crippen molar-refractivity contribution in [1.29, 1.82) is 0 Å². The lowest BCUT2D eigenvalue weighted by atomic mass is 9.95. The van der Waals surface area contributed by atoms with Crippen molar-refractivity contribution in [1.82, 2.24) is 5.16 Å². The lowest BCUT2D eigenvalue weighted by molar-refractivity contribution is -0.132. The maximum atomic E-state index is 13.1. The van der Waals surface area contributed by atoms with Crippen LogP contribution in [0.2, 0.25) is 0 Å². The van der Waals surface area contributed by atoms with Gasteiger partial charge in [-0.1, -0.05) is 58.0 Å². The summed E-state index contributed by atoms with van der Waals surface area (Å²) in [5, 5.41) is 15.0. The van der Waals surface area contributed by atoms with Gasteiger partial charge in [-0.25, -0.2) is 0 Å². The molecule has 1 aromatic heterocycles. The van der Waals surface area contributed by atoms with Gasteiger partial charge in [0.2, 0.25) is 0 Å². The van der Waals surface area contributed by atoms with Gasteiger partial charge in [0.25, 0.3) is 5.78 Å². The number of halogens is 1. The van der Waals surface area contributed by atoms with Crippen molar-refractivity contribution in [3.05, 3.63) is 94.2 Å². The molecule has 0 aliphatic carbocycles. The zero-order chi connectivity index (χ0) is 22.8. The van der Waals surface area contributed by atoms with Gasteiger partial charge in [0.05, 0.1) is 11.6 Å². The summed E-state index contributed by atoms with van der Waals surface area (Å²) in [6.07, 6.45) is 1.62. The zero-order valence-corrected chi connectivity index (χ0v) is 18.7. The summed E-state index contributed by atoms with van der Waals surface area (Å²) in [6, 6.07) is 14.4. The highest BCUT2D eigenvalue weighted by atomic mass is 79.9. The number of ketones is 1. The van der Waals surface area contributed by atoms with E-state index in [0.717, 1.165) is 4.47 Å². The number of aliphatic hydroxyl groups is 1. The number of ether oxygens (including phenoxy) is 1. The fourth-order valence-electron chi connectivity index (χ4n) is 3.54. The van der Waals surface area contributed by atoms with Crippen LogP contribution in [0.5, 0.6) is 5.75 Å². The van der Waals surface area contributed by atoms with Gasteiger partial charge in [0.1, 0.15) is 23.9 Å². The van der Waals surface area contributed by atoms with Crippen molar-refractivity contribution in [3.8, 4) is 5.75 Å². The Bertz CT molecular complexity index is 1230. The number of Topliss-reactive ketones (excluding diaryl/α,β-unsaturated/α-hetero) is 1. The van der Waals surface area contributed by atoms with Gasteiger partial charge >= 0.3 is 5.91 Å². The fourth-order valence-corrected chi connectivity index (χ4v) is 3.81. The van der Waals surface area contributed by atoms with E-state index in [4.69, 9.17) is 9.26 Å². The number of hydrogen-bond donors (Lipinski definition) is 1. The number of aryl methyl sites for hydroxylation is 1. The molecule has 8 heteroatoms. The molecule has 1 saturated heterocycles. The van der Waals surface area contributed by atoms with Crippen molar-refractivity contribution in [2.75, 3.05) is 11.5 Å². The Labute approximate surface area is 192 Å². The maximum Gasteiger partial charge on any atom is 0.301 e. The van der Waals surface area contributed by atoms with Crippen molar-refractivity contribution >= 4 is 39.2 Å². The molecular formula is C24H19BrN2O5. The second-order valence-corrected chi connectivity index (χ2v) is 8.06. The second kappa shape index (κ2) is 8.84. The summed E-state index contributed by atoms with van der Waals surface area (Å²) in [6.45, 7) is 5.62. The Morgan fingerprint density at radius 2 is 2.00 bits per heavy atom. The Hall–Kier alpha value is -3.65. The Morgan fingerprint density at radius 1 is 1.25 bits per heavy atom. The molecule has 1 atom stereocenters. The summed E-state index contributed by atoms with van der Waals surface area (Å²) in [4.78, 5) is 27.4. The van der Waals surface area contributed by atoms with E-state index in [2.05, 4.69) is 27.7 Å². The summed E-state index contributed by atoms with van der Waals surface area (Å²) in [5.74, 6) is -0.694. The molecule has 7 nitrogen and oxygen atoms in total. The largest absolute Gasteiger partial charge is 0.507 e. The molecule has 0 radical (unpaired) electrons. The topological polar surface area (TPSA) is 92.9 Å². The van der Waals surface area contributed by atoms with Crippen LogP contribution in [-0.2, 0) is 9.59 Å². The van der Waals surface area contributed by atoms with Crippen LogP contribution in [0, 0.1) is 6.92 Å². The van der Waals surface area contributed by atoms with E-state index < -0.39 is 17.7 Å². The van der Waals surface area contributed by atoms with Crippen molar-refractivity contribution in [3.63, 3.8) is 0 Å². The molecule has 0 unspecified atom stereocenters. The molecule has 0 spiro atoms. The molecule has 1 aliphatic heterocycles. The van der Waals surface area contributed by atoms with E-state index in [1.165, 1.54) is 4.90 Å². The molecule has 1 amide bonds. The molecule has 2 heterocycles. The number of carbonyl (C=O) groups excluding carboxylic acids is 2. The average Bonchev–Trinajstić information content (AvgIpc) is 3.33. The van der Waals surface area contributed by atoms with E-state index in [1.54, 1.807) is 67.6 Å². The molecule has 3 aromatic rings. The number of hydrogen-bond acceptors (Lipinski definition) is 6. The minimum absolute atomic E-state index is 0.0427. The standard InChI is InChI=1S/C24H19BrN2O5/c1-3-11-31-18-6-4-5-16(13-18)21-20(22(28)15-7-9-17(25)10-8-15)23(29)24(30)27(21)19-12-14(2)32-26-19/h3-10,12-13,21,28H,1,11H2,2H3/t21-/m0/s1. The third-order valence-corrected chi connectivity index (χ3v) is 5.49. The third-order valence-electron chi connectivity index (χ3n) is 4.97. The molecule has 1 N–H and O–H groups in total. The van der Waals surface area contributed by atoms with Crippen molar-refractivity contribution in [2.24, 2.45) is 0 Å². The molecule has 0 bridgehead atoms. The molecule has 162 valence electrons. The van der Waals surface area contributed by atoms with Crippen LogP contribution < -0.4 is 9.64 Å². The molecule has 4 rings (SSSR count). The van der Waals surface area contributed by atoms with Gasteiger partial charge in [-0.3, -0.25) is 14.5 Å². The summed E-state index contributed by atoms with van der Waals surface area (Å²) in [5.41, 5.74) is 0.940. The van der Waals surface area contributed by atoms with Gasteiger partial charge in [0.15, 0.2) is 5.82 Å². The Morgan fingerprint density at radius 3 is 2.66 bits per heavy atom. The first-order valence-corrected chi connectivity index (χ1v) is 10.5. The summed E-state index contributed by atoms with van der Waals surface area (Å²) >= 11 is 3.35. The first kappa shape index (κ1) is 21.6. The van der Waals surface area contributed by atoms with Crippen molar-refractivity contribution < 1.29 is 24.0 Å². The predicted octanol–water partition coefficient (Wildman–Crippen LogP) is 4.94. The van der Waals surface area contributed by atoms with Gasteiger partial charge in [-0.05, 0) is 36.8 Å². The number of nitrogens with zero attached hydrogens (tertiary/aromatic N) is 2. The predicted molar refractivity (Wildman–Crippen MR) is 122 cm³/mol. The Balaban J connectivity index is 1.90. The number of carbonyl (C=O) groups is 2. The minimum atomic E-state index is -0.921. The molecule has 1 aliphatic rings. The number of aliphatic hydroxyl groups excluding tert-OH is 1. The van der Waals surface area contributed by atoms with Gasteiger partial charge < -0.3 is 14.4 Å². The van der Waals surface area contributed by atoms with E-state index in [-0.39, 0.29) is 17.2 Å². The molecule has 0 saturated carbocycles. The van der Waals surface area contributed by atoms with Crippen LogP contribution in [0.25, 0.3) is 5.76 Å². The van der Waals surface area contributed by atoms with Crippen LogP contribution in [0.4, 0.5) is 5.82 Å². The van der Waals surface area contributed by atoms with Gasteiger partial charge in [-0.15, -0.1) is 0 Å². The van der Waals surface area contributed by atoms with Crippen LogP contribution in [-0.4, -0.2) is 28.6 Å². The number of rotatable bonds is 6. The van der Waals surface area contributed by atoms with Crippen molar-refractivity contribution in [2.45, 2.75) is 13.0 Å². The highest BCUT2D eigenvalue weighted by Crippen LogP contribution is 2.42. The number of anilines is 1. The molecular weight excluding hydrogens is 476 g/mol. The first-order chi connectivity index (χ1) is 15.4. The number of benzene rings is 2. The van der Waals surface area contributed by atoms with E-state index in [1.807, 2.05) is 0 Å². The monoisotopic (exact) mass is 494 g/mol. The average molecular weight is 495 g/mol. The maximum absolute atomic E-state index is 13.1. The van der Waals surface area contributed by atoms with Crippen LogP contribution in [0.3, 0.4) is 0 Å². The van der Waals surface area contributed by atoms with Crippen LogP contribution in [0.1, 0.15) is 22.9 Å². The lowest BCUT2D eigenvalue weighted by Gasteiger charge is -2.23. The lowest BCUT2D eigenvalue weighted by Crippen LogP contribution is -2.29. The molecule has 1 fully saturated rings. The SMILES string of the molecule is C=CCOc1cccc([C@H]2C(=C(O)c3ccc(Br)cc3)C(=O)C(=O)N2c2cc(C)on2)c1.